The Morgan fingerprint density at radius 2 is 2.09 bits per heavy atom. The second-order valence-electron chi connectivity index (χ2n) is 2.79. The average molecular weight is 266 g/mol. The van der Waals surface area contributed by atoms with Crippen LogP contribution in [0.1, 0.15) is 32.1 Å². The van der Waals surface area contributed by atoms with E-state index in [1.807, 2.05) is 0 Å². The Kier molecular flexibility index (Phi) is 3.36. The van der Waals surface area contributed by atoms with Gasteiger partial charge in [-0.1, -0.05) is 0 Å². The Bertz CT molecular complexity index is 196. The van der Waals surface area contributed by atoms with E-state index in [1.165, 1.54) is 10.0 Å². The first-order valence-electron chi connectivity index (χ1n) is 3.78. The van der Waals surface area contributed by atoms with E-state index in [1.54, 1.807) is 0 Å². The lowest BCUT2D eigenvalue weighted by Gasteiger charge is -2.14. The smallest absolute Gasteiger partial charge is 0.307 e. The minimum Gasteiger partial charge on any atom is -0.481 e. The minimum absolute atomic E-state index is 0.248. The molecular weight excluding hydrogens is 255 g/mol. The van der Waals surface area contributed by atoms with Crippen LogP contribution < -0.4 is 0 Å². The second kappa shape index (κ2) is 4.09. The van der Waals surface area contributed by atoms with Gasteiger partial charge in [-0.15, -0.1) is 0 Å². The number of carboxylic acid groups (broad SMARTS) is 1. The monoisotopic (exact) mass is 266 g/mol. The fourth-order valence-electron chi connectivity index (χ4n) is 1.30. The molecule has 1 aliphatic carbocycles. The highest BCUT2D eigenvalue weighted by Gasteiger charge is 2.12. The summed E-state index contributed by atoms with van der Waals surface area (Å²) in [5.74, 6) is -0.698. The summed E-state index contributed by atoms with van der Waals surface area (Å²) in [4.78, 5) is 10.4. The number of allylic oxidation sites excluding steroid dienone is 1. The molecule has 11 heavy (non-hydrogen) atoms. The van der Waals surface area contributed by atoms with Crippen LogP contribution in [0, 0.1) is 0 Å². The van der Waals surface area contributed by atoms with Gasteiger partial charge in [0.15, 0.2) is 0 Å². The van der Waals surface area contributed by atoms with Gasteiger partial charge in [0, 0.05) is 0 Å². The molecule has 62 valence electrons. The van der Waals surface area contributed by atoms with E-state index in [9.17, 15) is 4.79 Å². The minimum atomic E-state index is -0.698. The van der Waals surface area contributed by atoms with Gasteiger partial charge >= 0.3 is 5.97 Å². The standard InChI is InChI=1S/C8H11IO2/c9-7-4-2-1-3-6(7)5-8(10)11/h1-5H2,(H,10,11). The third-order valence-electron chi connectivity index (χ3n) is 1.87. The maximum Gasteiger partial charge on any atom is 0.307 e. The van der Waals surface area contributed by atoms with Gasteiger partial charge in [-0.05, 0) is 57.4 Å². The topological polar surface area (TPSA) is 37.3 Å². The van der Waals surface area contributed by atoms with Gasteiger partial charge < -0.3 is 5.11 Å². The van der Waals surface area contributed by atoms with Gasteiger partial charge in [0.2, 0.25) is 0 Å². The number of hydrogen-bond acceptors (Lipinski definition) is 1. The van der Waals surface area contributed by atoms with Crippen molar-refractivity contribution >= 4 is 28.6 Å². The van der Waals surface area contributed by atoms with Crippen LogP contribution in [-0.4, -0.2) is 11.1 Å². The zero-order chi connectivity index (χ0) is 8.27. The molecule has 2 nitrogen and oxygen atoms in total. The number of carbonyl (C=O) groups is 1. The van der Waals surface area contributed by atoms with Crippen molar-refractivity contribution in [3.8, 4) is 0 Å². The van der Waals surface area contributed by atoms with E-state index in [0.29, 0.717) is 0 Å². The molecule has 3 heteroatoms. The summed E-state index contributed by atoms with van der Waals surface area (Å²) in [5, 5.41) is 8.55. The number of carboxylic acids is 1. The van der Waals surface area contributed by atoms with Crippen molar-refractivity contribution < 1.29 is 9.90 Å². The van der Waals surface area contributed by atoms with Crippen molar-refractivity contribution in [2.45, 2.75) is 32.1 Å². The molecule has 0 aromatic heterocycles. The zero-order valence-electron chi connectivity index (χ0n) is 6.27. The van der Waals surface area contributed by atoms with Crippen molar-refractivity contribution in [1.29, 1.82) is 0 Å². The summed E-state index contributed by atoms with van der Waals surface area (Å²) in [6.45, 7) is 0. The summed E-state index contributed by atoms with van der Waals surface area (Å²) in [6, 6.07) is 0. The largest absolute Gasteiger partial charge is 0.481 e. The van der Waals surface area contributed by atoms with Crippen LogP contribution in [-0.2, 0) is 4.79 Å². The molecule has 0 atom stereocenters. The zero-order valence-corrected chi connectivity index (χ0v) is 8.43. The Morgan fingerprint density at radius 1 is 1.45 bits per heavy atom. The van der Waals surface area contributed by atoms with Crippen molar-refractivity contribution in [1.82, 2.24) is 0 Å². The highest BCUT2D eigenvalue weighted by molar-refractivity contribution is 14.1. The molecule has 1 N–H and O–H groups in total. The number of aliphatic carboxylic acids is 1. The molecule has 0 saturated carbocycles. The quantitative estimate of drug-likeness (QED) is 0.780. The molecular formula is C8H11IO2. The van der Waals surface area contributed by atoms with Gasteiger partial charge in [-0.3, -0.25) is 4.79 Å². The third kappa shape index (κ3) is 2.81. The molecule has 0 heterocycles. The highest BCUT2D eigenvalue weighted by atomic mass is 127. The van der Waals surface area contributed by atoms with Crippen LogP contribution in [0.25, 0.3) is 0 Å². The van der Waals surface area contributed by atoms with Crippen molar-refractivity contribution in [3.05, 3.63) is 9.15 Å². The van der Waals surface area contributed by atoms with Crippen LogP contribution in [0.3, 0.4) is 0 Å². The molecule has 0 unspecified atom stereocenters. The molecule has 0 aromatic rings. The first kappa shape index (κ1) is 9.03. The summed E-state index contributed by atoms with van der Waals surface area (Å²) in [7, 11) is 0. The fraction of sp³-hybridized carbons (Fsp3) is 0.625. The van der Waals surface area contributed by atoms with Crippen LogP contribution >= 0.6 is 22.6 Å². The van der Waals surface area contributed by atoms with E-state index < -0.39 is 5.97 Å². The van der Waals surface area contributed by atoms with Gasteiger partial charge in [0.25, 0.3) is 0 Å². The normalized spacial score (nSPS) is 18.6. The fourth-order valence-corrected chi connectivity index (χ4v) is 2.14. The number of halogens is 1. The van der Waals surface area contributed by atoms with Gasteiger partial charge in [0.05, 0.1) is 6.42 Å². The summed E-state index contributed by atoms with van der Waals surface area (Å²) in [5.41, 5.74) is 1.14. The van der Waals surface area contributed by atoms with Crippen LogP contribution in [0.2, 0.25) is 0 Å². The van der Waals surface area contributed by atoms with Crippen LogP contribution in [0.4, 0.5) is 0 Å². The lowest BCUT2D eigenvalue weighted by atomic mass is 9.97. The maximum atomic E-state index is 10.4. The predicted octanol–water partition coefficient (Wildman–Crippen LogP) is 2.72. The molecule has 1 aliphatic rings. The van der Waals surface area contributed by atoms with Gasteiger partial charge in [-0.2, -0.15) is 0 Å². The number of rotatable bonds is 2. The van der Waals surface area contributed by atoms with E-state index in [0.717, 1.165) is 24.8 Å². The highest BCUT2D eigenvalue weighted by Crippen LogP contribution is 2.30. The molecule has 0 aliphatic heterocycles. The molecule has 0 aromatic carbocycles. The molecule has 0 saturated heterocycles. The first-order valence-corrected chi connectivity index (χ1v) is 4.86. The lowest BCUT2D eigenvalue weighted by molar-refractivity contribution is -0.136. The number of hydrogen-bond donors (Lipinski definition) is 1. The average Bonchev–Trinajstić information content (AvgIpc) is 1.93. The van der Waals surface area contributed by atoms with Gasteiger partial charge in [-0.25, -0.2) is 0 Å². The molecule has 1 rings (SSSR count). The van der Waals surface area contributed by atoms with E-state index in [4.69, 9.17) is 5.11 Å². The molecule has 0 amide bonds. The Labute approximate surface area is 79.8 Å². The van der Waals surface area contributed by atoms with Crippen LogP contribution in [0.5, 0.6) is 0 Å². The predicted molar refractivity (Wildman–Crippen MR) is 51.8 cm³/mol. The second-order valence-corrected chi connectivity index (χ2v) is 4.09. The van der Waals surface area contributed by atoms with E-state index in [2.05, 4.69) is 22.6 Å². The Balaban J connectivity index is 2.59. The van der Waals surface area contributed by atoms with Crippen molar-refractivity contribution in [2.24, 2.45) is 0 Å². The van der Waals surface area contributed by atoms with Crippen molar-refractivity contribution in [3.63, 3.8) is 0 Å². The molecule has 0 spiro atoms. The molecule has 0 bridgehead atoms. The molecule has 0 radical (unpaired) electrons. The Morgan fingerprint density at radius 3 is 2.64 bits per heavy atom. The Hall–Kier alpha value is -0.0600. The van der Waals surface area contributed by atoms with E-state index in [-0.39, 0.29) is 6.42 Å². The summed E-state index contributed by atoms with van der Waals surface area (Å²) in [6.07, 6.45) is 4.71. The van der Waals surface area contributed by atoms with Crippen molar-refractivity contribution in [2.75, 3.05) is 0 Å². The van der Waals surface area contributed by atoms with Gasteiger partial charge in [0.1, 0.15) is 0 Å². The lowest BCUT2D eigenvalue weighted by Crippen LogP contribution is -2.02. The summed E-state index contributed by atoms with van der Waals surface area (Å²) >= 11 is 2.27. The van der Waals surface area contributed by atoms with E-state index >= 15 is 0 Å². The first-order chi connectivity index (χ1) is 5.20. The van der Waals surface area contributed by atoms with Crippen LogP contribution in [0.15, 0.2) is 9.15 Å². The SMILES string of the molecule is O=C(O)CC1=C(I)CCCC1. The molecule has 0 fully saturated rings. The third-order valence-corrected chi connectivity index (χ3v) is 3.18. The summed E-state index contributed by atoms with van der Waals surface area (Å²) < 4.78 is 1.27. The maximum absolute atomic E-state index is 10.4.